The Kier molecular flexibility index (Phi) is 4.94. The smallest absolute Gasteiger partial charge is 0.223 e. The molecule has 2 heterocycles. The fraction of sp³-hybridized carbons (Fsp3) is 0.389. The average Bonchev–Trinajstić information content (AvgIpc) is 3.18. The Bertz CT molecular complexity index is 875. The molecule has 1 aromatic heterocycles. The van der Waals surface area contributed by atoms with E-state index >= 15 is 0 Å². The largest absolute Gasteiger partial charge is 0.461 e. The lowest BCUT2D eigenvalue weighted by atomic mass is 10.1. The summed E-state index contributed by atoms with van der Waals surface area (Å²) in [6.45, 7) is 0. The zero-order valence-electron chi connectivity index (χ0n) is 13.9. The Morgan fingerprint density at radius 3 is 2.72 bits per heavy atom. The van der Waals surface area contributed by atoms with Gasteiger partial charge in [0.05, 0.1) is 17.1 Å². The number of rotatable bonds is 5. The number of hydrogen-bond acceptors (Lipinski definition) is 4. The molecule has 1 aliphatic heterocycles. The van der Waals surface area contributed by atoms with Gasteiger partial charge < -0.3 is 9.32 Å². The molecular weight excluding hydrogens is 345 g/mol. The van der Waals surface area contributed by atoms with Crippen molar-refractivity contribution in [2.75, 3.05) is 18.6 Å². The summed E-state index contributed by atoms with van der Waals surface area (Å²) >= 11 is 0. The van der Waals surface area contributed by atoms with Crippen molar-refractivity contribution in [1.82, 2.24) is 4.90 Å². The number of hydrogen-bond donors (Lipinski definition) is 0. The summed E-state index contributed by atoms with van der Waals surface area (Å²) in [4.78, 5) is 13.8. The highest BCUT2D eigenvalue weighted by Crippen LogP contribution is 2.25. The van der Waals surface area contributed by atoms with Crippen LogP contribution in [0.1, 0.15) is 18.6 Å². The maximum atomic E-state index is 13.8. The number of furan rings is 1. The molecule has 1 amide bonds. The molecule has 1 atom stereocenters. The van der Waals surface area contributed by atoms with Gasteiger partial charge in [-0.25, -0.2) is 12.8 Å². The number of amides is 1. The van der Waals surface area contributed by atoms with E-state index in [0.717, 1.165) is 0 Å². The van der Waals surface area contributed by atoms with E-state index in [4.69, 9.17) is 4.42 Å². The maximum absolute atomic E-state index is 13.8. The lowest BCUT2D eigenvalue weighted by molar-refractivity contribution is -0.131. The van der Waals surface area contributed by atoms with Crippen LogP contribution < -0.4 is 0 Å². The van der Waals surface area contributed by atoms with Gasteiger partial charge in [-0.05, 0) is 30.7 Å². The molecule has 0 saturated carbocycles. The zero-order valence-corrected chi connectivity index (χ0v) is 14.8. The summed E-state index contributed by atoms with van der Waals surface area (Å²) in [5.74, 6) is 0.717. The molecule has 7 heteroatoms. The number of benzene rings is 1. The second kappa shape index (κ2) is 7.00. The van der Waals surface area contributed by atoms with Gasteiger partial charge in [0.1, 0.15) is 17.3 Å². The van der Waals surface area contributed by atoms with Gasteiger partial charge >= 0.3 is 0 Å². The minimum atomic E-state index is -3.02. The van der Waals surface area contributed by atoms with Crippen LogP contribution >= 0.6 is 0 Å². The van der Waals surface area contributed by atoms with Gasteiger partial charge in [-0.2, -0.15) is 0 Å². The van der Waals surface area contributed by atoms with Crippen molar-refractivity contribution >= 4 is 15.7 Å². The number of aryl methyl sites for hydroxylation is 1. The quantitative estimate of drug-likeness (QED) is 0.817. The van der Waals surface area contributed by atoms with E-state index in [9.17, 15) is 17.6 Å². The molecule has 0 unspecified atom stereocenters. The molecule has 3 rings (SSSR count). The average molecular weight is 365 g/mol. The molecule has 0 bridgehead atoms. The van der Waals surface area contributed by atoms with Crippen LogP contribution in [0.4, 0.5) is 4.39 Å². The highest BCUT2D eigenvalue weighted by Gasteiger charge is 2.32. The van der Waals surface area contributed by atoms with E-state index < -0.39 is 9.84 Å². The standard InChI is InChI=1S/C18H20FNO4S/c1-20(13-10-11-25(22,23)12-13)18(21)9-7-14-6-8-17(24-14)15-4-2-3-5-16(15)19/h2-6,8,13H,7,9-12H2,1H3/t13-/m0/s1. The maximum Gasteiger partial charge on any atom is 0.223 e. The van der Waals surface area contributed by atoms with Gasteiger partial charge in [0.15, 0.2) is 9.84 Å². The SMILES string of the molecule is CN(C(=O)CCc1ccc(-c2ccccc2F)o1)[C@H]1CCS(=O)(=O)C1. The summed E-state index contributed by atoms with van der Waals surface area (Å²) in [6, 6.07) is 9.52. The van der Waals surface area contributed by atoms with E-state index in [1.54, 1.807) is 37.4 Å². The Hall–Kier alpha value is -2.15. The number of sulfone groups is 1. The lowest BCUT2D eigenvalue weighted by Crippen LogP contribution is -2.37. The molecule has 25 heavy (non-hydrogen) atoms. The van der Waals surface area contributed by atoms with Crippen LogP contribution in [0.15, 0.2) is 40.8 Å². The minimum Gasteiger partial charge on any atom is -0.461 e. The van der Waals surface area contributed by atoms with Crippen LogP contribution in [0.5, 0.6) is 0 Å². The molecule has 1 fully saturated rings. The van der Waals surface area contributed by atoms with Crippen LogP contribution in [-0.2, 0) is 21.1 Å². The normalized spacial score (nSPS) is 19.0. The first kappa shape index (κ1) is 17.7. The van der Waals surface area contributed by atoms with Crippen LogP contribution in [0.3, 0.4) is 0 Å². The molecule has 5 nitrogen and oxygen atoms in total. The molecule has 0 N–H and O–H groups in total. The third kappa shape index (κ3) is 4.10. The molecule has 0 radical (unpaired) electrons. The predicted molar refractivity (Wildman–Crippen MR) is 92.3 cm³/mol. The lowest BCUT2D eigenvalue weighted by Gasteiger charge is -2.23. The van der Waals surface area contributed by atoms with Crippen molar-refractivity contribution < 1.29 is 22.0 Å². The highest BCUT2D eigenvalue weighted by molar-refractivity contribution is 7.91. The second-order valence-corrected chi connectivity index (χ2v) is 8.54. The summed E-state index contributed by atoms with van der Waals surface area (Å²) in [5, 5.41) is 0. The fourth-order valence-corrected chi connectivity index (χ4v) is 4.78. The molecule has 1 aliphatic rings. The third-order valence-corrected chi connectivity index (χ3v) is 6.29. The molecule has 2 aromatic rings. The predicted octanol–water partition coefficient (Wildman–Crippen LogP) is 2.66. The van der Waals surface area contributed by atoms with E-state index in [1.165, 1.54) is 11.0 Å². The van der Waals surface area contributed by atoms with Gasteiger partial charge in [0.25, 0.3) is 0 Å². The van der Waals surface area contributed by atoms with E-state index in [1.807, 2.05) is 0 Å². The molecule has 0 spiro atoms. The molecular formula is C18H20FNO4S. The number of halogens is 1. The van der Waals surface area contributed by atoms with Crippen molar-refractivity contribution in [2.45, 2.75) is 25.3 Å². The second-order valence-electron chi connectivity index (χ2n) is 6.31. The molecule has 1 aromatic carbocycles. The minimum absolute atomic E-state index is 0.0351. The molecule has 1 saturated heterocycles. The van der Waals surface area contributed by atoms with Crippen molar-refractivity contribution in [3.8, 4) is 11.3 Å². The van der Waals surface area contributed by atoms with Crippen molar-refractivity contribution in [3.63, 3.8) is 0 Å². The van der Waals surface area contributed by atoms with Crippen LogP contribution in [0, 0.1) is 5.82 Å². The number of carbonyl (C=O) groups excluding carboxylic acids is 1. The molecule has 134 valence electrons. The van der Waals surface area contributed by atoms with E-state index in [2.05, 4.69) is 0 Å². The van der Waals surface area contributed by atoms with Gasteiger partial charge in [0.2, 0.25) is 5.91 Å². The number of nitrogens with zero attached hydrogens (tertiary/aromatic N) is 1. The van der Waals surface area contributed by atoms with Crippen molar-refractivity contribution in [3.05, 3.63) is 48.0 Å². The summed E-state index contributed by atoms with van der Waals surface area (Å²) in [7, 11) is -1.38. The molecule has 0 aliphatic carbocycles. The Labute approximate surface area is 146 Å². The van der Waals surface area contributed by atoms with Gasteiger partial charge in [-0.15, -0.1) is 0 Å². The highest BCUT2D eigenvalue weighted by atomic mass is 32.2. The summed E-state index contributed by atoms with van der Waals surface area (Å²) < 4.78 is 42.5. The van der Waals surface area contributed by atoms with Crippen LogP contribution in [-0.4, -0.2) is 43.8 Å². The van der Waals surface area contributed by atoms with Gasteiger partial charge in [0, 0.05) is 25.9 Å². The van der Waals surface area contributed by atoms with Crippen LogP contribution in [0.2, 0.25) is 0 Å². The number of carbonyl (C=O) groups is 1. The summed E-state index contributed by atoms with van der Waals surface area (Å²) in [6.07, 6.45) is 1.09. The van der Waals surface area contributed by atoms with E-state index in [-0.39, 0.29) is 35.7 Å². The zero-order chi connectivity index (χ0) is 18.0. The first-order valence-electron chi connectivity index (χ1n) is 8.15. The Morgan fingerprint density at radius 1 is 1.28 bits per heavy atom. The van der Waals surface area contributed by atoms with Crippen LogP contribution in [0.25, 0.3) is 11.3 Å². The monoisotopic (exact) mass is 365 g/mol. The van der Waals surface area contributed by atoms with E-state index in [0.29, 0.717) is 29.9 Å². The fourth-order valence-electron chi connectivity index (χ4n) is 3.01. The Balaban J connectivity index is 1.59. The van der Waals surface area contributed by atoms with Crippen molar-refractivity contribution in [1.29, 1.82) is 0 Å². The summed E-state index contributed by atoms with van der Waals surface area (Å²) in [5.41, 5.74) is 0.383. The van der Waals surface area contributed by atoms with Gasteiger partial charge in [-0.1, -0.05) is 12.1 Å². The third-order valence-electron chi connectivity index (χ3n) is 4.54. The topological polar surface area (TPSA) is 67.6 Å². The van der Waals surface area contributed by atoms with Gasteiger partial charge in [-0.3, -0.25) is 4.79 Å². The Morgan fingerprint density at radius 2 is 2.04 bits per heavy atom. The first-order chi connectivity index (χ1) is 11.9. The first-order valence-corrected chi connectivity index (χ1v) is 9.97. The van der Waals surface area contributed by atoms with Crippen molar-refractivity contribution in [2.24, 2.45) is 0 Å².